The normalized spacial score (nSPS) is 15.1. The number of fused-ring (bicyclic) bond motifs is 10. The van der Waals surface area contributed by atoms with Crippen molar-refractivity contribution in [1.82, 2.24) is 0 Å². The molecule has 0 atom stereocenters. The molecule has 51 heavy (non-hydrogen) atoms. The van der Waals surface area contributed by atoms with Crippen molar-refractivity contribution in [3.8, 4) is 11.5 Å². The van der Waals surface area contributed by atoms with Crippen molar-refractivity contribution in [1.29, 1.82) is 0 Å². The maximum absolute atomic E-state index is 6.98. The predicted octanol–water partition coefficient (Wildman–Crippen LogP) is 13.8. The Kier molecular flexibility index (Phi) is 6.54. The van der Waals surface area contributed by atoms with Crippen molar-refractivity contribution in [3.63, 3.8) is 0 Å². The Labute approximate surface area is 303 Å². The minimum atomic E-state index is -0.240. The van der Waals surface area contributed by atoms with Gasteiger partial charge in [-0.1, -0.05) is 155 Å². The Bertz CT molecular complexity index is 2580. The first-order chi connectivity index (χ1) is 24.8. The van der Waals surface area contributed by atoms with Crippen molar-refractivity contribution in [3.05, 3.63) is 174 Å². The topological polar surface area (TPSA) is 12.5 Å². The lowest BCUT2D eigenvalue weighted by atomic mass is 9.75. The highest BCUT2D eigenvalue weighted by Crippen LogP contribution is 2.57. The molecule has 0 radical (unpaired) electrons. The minimum absolute atomic E-state index is 0.162. The molecule has 8 aromatic carbocycles. The van der Waals surface area contributed by atoms with E-state index in [9.17, 15) is 0 Å². The van der Waals surface area contributed by atoms with Gasteiger partial charge < -0.3 is 9.64 Å². The monoisotopic (exact) mass is 675 g/mol. The Morgan fingerprint density at radius 1 is 0.451 bits per heavy atom. The van der Waals surface area contributed by atoms with Crippen molar-refractivity contribution >= 4 is 61.1 Å². The second kappa shape index (κ2) is 11.0. The van der Waals surface area contributed by atoms with Crippen LogP contribution in [0, 0.1) is 0 Å². The maximum Gasteiger partial charge on any atom is 0.155 e. The number of anilines is 3. The summed E-state index contributed by atoms with van der Waals surface area (Å²) in [6, 6.07) is 55.5. The van der Waals surface area contributed by atoms with Crippen molar-refractivity contribution in [2.75, 3.05) is 4.90 Å². The molecule has 2 heterocycles. The zero-order valence-electron chi connectivity index (χ0n) is 29.2. The summed E-state index contributed by atoms with van der Waals surface area (Å²) < 4.78 is 6.98. The highest BCUT2D eigenvalue weighted by molar-refractivity contribution is 7.99. The Hall–Kier alpha value is -5.51. The van der Waals surface area contributed by atoms with Crippen LogP contribution in [0.1, 0.15) is 49.9 Å². The Morgan fingerprint density at radius 3 is 1.71 bits per heavy atom. The zero-order valence-corrected chi connectivity index (χ0v) is 30.0. The molecule has 0 saturated heterocycles. The average molecular weight is 676 g/mol. The third kappa shape index (κ3) is 4.38. The number of nitrogens with zero attached hydrogens (tertiary/aromatic N) is 1. The van der Waals surface area contributed by atoms with Gasteiger partial charge in [-0.15, -0.1) is 0 Å². The van der Waals surface area contributed by atoms with Gasteiger partial charge in [0.1, 0.15) is 5.75 Å². The summed E-state index contributed by atoms with van der Waals surface area (Å²) in [7, 11) is 0. The molecule has 0 amide bonds. The van der Waals surface area contributed by atoms with E-state index in [4.69, 9.17) is 4.74 Å². The van der Waals surface area contributed by atoms with Crippen LogP contribution in [-0.2, 0) is 10.8 Å². The van der Waals surface area contributed by atoms with E-state index in [-0.39, 0.29) is 10.8 Å². The van der Waals surface area contributed by atoms with E-state index in [0.29, 0.717) is 0 Å². The lowest BCUT2D eigenvalue weighted by molar-refractivity contribution is 0.419. The minimum Gasteiger partial charge on any atom is -0.455 e. The Balaban J connectivity index is 1.28. The van der Waals surface area contributed by atoms with Gasteiger partial charge in [-0.2, -0.15) is 0 Å². The lowest BCUT2D eigenvalue weighted by Gasteiger charge is -2.39. The fourth-order valence-electron chi connectivity index (χ4n) is 8.70. The highest BCUT2D eigenvalue weighted by atomic mass is 32.2. The SMILES string of the molecule is CC1(C)c2ccccc2Oc2c(N(c3ccc4c5ccccc5c5ccccc5c4c3)c3cccc4c3Sc3ccccc3C4(C)C)cccc21. The van der Waals surface area contributed by atoms with E-state index in [0.717, 1.165) is 28.6 Å². The van der Waals surface area contributed by atoms with Gasteiger partial charge in [0, 0.05) is 37.4 Å². The van der Waals surface area contributed by atoms with Gasteiger partial charge in [0.2, 0.25) is 0 Å². The molecule has 2 aliphatic heterocycles. The molecule has 8 aromatic rings. The number of para-hydroxylation sites is 2. The van der Waals surface area contributed by atoms with Crippen LogP contribution < -0.4 is 9.64 Å². The smallest absolute Gasteiger partial charge is 0.155 e. The molecule has 0 spiro atoms. The highest BCUT2D eigenvalue weighted by Gasteiger charge is 2.39. The first-order valence-electron chi connectivity index (χ1n) is 17.8. The van der Waals surface area contributed by atoms with E-state index in [1.54, 1.807) is 0 Å². The molecule has 0 aliphatic carbocycles. The van der Waals surface area contributed by atoms with Crippen molar-refractivity contribution in [2.45, 2.75) is 48.3 Å². The van der Waals surface area contributed by atoms with E-state index in [2.05, 4.69) is 184 Å². The fraction of sp³-hybridized carbons (Fsp3) is 0.125. The van der Waals surface area contributed by atoms with Gasteiger partial charge in [0.05, 0.1) is 11.4 Å². The number of ether oxygens (including phenoxy) is 1. The molecule has 0 saturated carbocycles. The molecule has 2 aliphatic rings. The van der Waals surface area contributed by atoms with E-state index in [1.807, 2.05) is 11.8 Å². The first-order valence-corrected chi connectivity index (χ1v) is 18.6. The van der Waals surface area contributed by atoms with Gasteiger partial charge in [-0.05, 0) is 79.8 Å². The maximum atomic E-state index is 6.98. The molecular formula is C48H37NOS. The average Bonchev–Trinajstić information content (AvgIpc) is 3.16. The van der Waals surface area contributed by atoms with Crippen LogP contribution >= 0.6 is 11.8 Å². The van der Waals surface area contributed by atoms with Crippen LogP contribution in [-0.4, -0.2) is 0 Å². The molecule has 0 aromatic heterocycles. The molecule has 0 fully saturated rings. The second-order valence-electron chi connectivity index (χ2n) is 14.9. The molecule has 10 rings (SSSR count). The third-order valence-electron chi connectivity index (χ3n) is 11.3. The van der Waals surface area contributed by atoms with Crippen LogP contribution in [0.2, 0.25) is 0 Å². The van der Waals surface area contributed by atoms with Crippen molar-refractivity contribution in [2.24, 2.45) is 0 Å². The van der Waals surface area contributed by atoms with Gasteiger partial charge in [-0.3, -0.25) is 0 Å². The van der Waals surface area contributed by atoms with Gasteiger partial charge in [0.25, 0.3) is 0 Å². The largest absolute Gasteiger partial charge is 0.455 e. The molecular weight excluding hydrogens is 639 g/mol. The summed E-state index contributed by atoms with van der Waals surface area (Å²) in [5.74, 6) is 1.82. The number of rotatable bonds is 3. The summed E-state index contributed by atoms with van der Waals surface area (Å²) in [4.78, 5) is 5.04. The molecule has 3 heteroatoms. The summed E-state index contributed by atoms with van der Waals surface area (Å²) in [6.45, 7) is 9.35. The van der Waals surface area contributed by atoms with E-state index in [1.165, 1.54) is 64.4 Å². The Morgan fingerprint density at radius 2 is 0.980 bits per heavy atom. The lowest BCUT2D eigenvalue weighted by Crippen LogP contribution is -2.26. The fourth-order valence-corrected chi connectivity index (χ4v) is 10.2. The molecule has 0 bridgehead atoms. The number of hydrogen-bond donors (Lipinski definition) is 0. The summed E-state index contributed by atoms with van der Waals surface area (Å²) in [6.07, 6.45) is 0. The van der Waals surface area contributed by atoms with Crippen LogP contribution in [0.5, 0.6) is 11.5 Å². The summed E-state index contributed by atoms with van der Waals surface area (Å²) >= 11 is 1.88. The van der Waals surface area contributed by atoms with Crippen LogP contribution in [0.4, 0.5) is 17.1 Å². The van der Waals surface area contributed by atoms with Crippen LogP contribution in [0.15, 0.2) is 161 Å². The quantitative estimate of drug-likeness (QED) is 0.173. The summed E-state index contributed by atoms with van der Waals surface area (Å²) in [5, 5.41) is 7.59. The zero-order chi connectivity index (χ0) is 34.5. The first kappa shape index (κ1) is 30.3. The van der Waals surface area contributed by atoms with Gasteiger partial charge in [-0.25, -0.2) is 0 Å². The molecule has 2 nitrogen and oxygen atoms in total. The van der Waals surface area contributed by atoms with Crippen LogP contribution in [0.3, 0.4) is 0 Å². The summed E-state index contributed by atoms with van der Waals surface area (Å²) in [5.41, 5.74) is 7.98. The number of hydrogen-bond acceptors (Lipinski definition) is 3. The number of benzene rings is 8. The van der Waals surface area contributed by atoms with Gasteiger partial charge >= 0.3 is 0 Å². The van der Waals surface area contributed by atoms with E-state index >= 15 is 0 Å². The molecule has 0 unspecified atom stereocenters. The molecule has 246 valence electrons. The third-order valence-corrected chi connectivity index (χ3v) is 12.6. The van der Waals surface area contributed by atoms with Crippen LogP contribution in [0.25, 0.3) is 32.3 Å². The standard InChI is InChI=1S/C48H37NOS/c1-47(2)37-19-9-11-25-43(37)50-45-39(47)21-13-23-41(45)49(42-24-14-22-40-46(42)51-44-26-12-10-20-38(44)48(40,3)4)30-27-28-35-33-17-6-5-15-31(33)32-16-7-8-18-34(32)36(35)29-30/h5-29H,1-4H3. The second-order valence-corrected chi connectivity index (χ2v) is 16.0. The van der Waals surface area contributed by atoms with Crippen molar-refractivity contribution < 1.29 is 4.74 Å². The van der Waals surface area contributed by atoms with E-state index < -0.39 is 0 Å². The van der Waals surface area contributed by atoms with Gasteiger partial charge in [0.15, 0.2) is 5.75 Å². The molecule has 0 N–H and O–H groups in total. The predicted molar refractivity (Wildman–Crippen MR) is 215 cm³/mol.